The molecule has 0 aliphatic rings. The van der Waals surface area contributed by atoms with Crippen LogP contribution in [0.2, 0.25) is 0 Å². The lowest BCUT2D eigenvalue weighted by Crippen LogP contribution is -2.26. The Balaban J connectivity index is 1.96. The molecular weight excluding hydrogens is 377 g/mol. The van der Waals surface area contributed by atoms with E-state index in [4.69, 9.17) is 10.7 Å². The molecule has 1 amide bonds. The molecule has 0 saturated carbocycles. The van der Waals surface area contributed by atoms with Crippen molar-refractivity contribution >= 4 is 27.5 Å². The number of hydrogen-bond acceptors (Lipinski definition) is 4. The number of aromatic nitrogens is 2. The normalized spacial score (nSPS) is 11.0. The quantitative estimate of drug-likeness (QED) is 0.560. The first-order valence-corrected chi connectivity index (χ1v) is 9.54. The first kappa shape index (κ1) is 18.1. The zero-order valence-corrected chi connectivity index (χ0v) is 15.6. The van der Waals surface area contributed by atoms with Gasteiger partial charge < -0.3 is 5.73 Å². The maximum atomic E-state index is 13.4. The minimum absolute atomic E-state index is 0.0307. The molecule has 28 heavy (non-hydrogen) atoms. The van der Waals surface area contributed by atoms with Gasteiger partial charge in [-0.1, -0.05) is 42.5 Å². The highest BCUT2D eigenvalue weighted by molar-refractivity contribution is 7.17. The van der Waals surface area contributed by atoms with Crippen LogP contribution in [-0.4, -0.2) is 15.5 Å². The zero-order valence-electron chi connectivity index (χ0n) is 14.8. The van der Waals surface area contributed by atoms with Gasteiger partial charge in [0, 0.05) is 29.5 Å². The summed E-state index contributed by atoms with van der Waals surface area (Å²) in [5.74, 6) is -0.339. The Hall–Kier alpha value is -3.32. The van der Waals surface area contributed by atoms with Crippen molar-refractivity contribution in [2.45, 2.75) is 13.0 Å². The number of hydrogen-bond donors (Lipinski definition) is 1. The average molecular weight is 393 g/mol. The number of carbonyl (C=O) groups excluding carboxylic acids is 1. The fourth-order valence-electron chi connectivity index (χ4n) is 3.10. The number of rotatable bonds is 5. The first-order valence-electron chi connectivity index (χ1n) is 8.66. The SMILES string of the molecule is NC(=O)CCn1c(-c2ccccc2)nc2scc(-c3ccc(F)cc3)c2c1=O. The number of fused-ring (bicyclic) bond motifs is 1. The van der Waals surface area contributed by atoms with Crippen LogP contribution in [0.3, 0.4) is 0 Å². The van der Waals surface area contributed by atoms with E-state index in [0.29, 0.717) is 21.6 Å². The van der Waals surface area contributed by atoms with Gasteiger partial charge in [-0.3, -0.25) is 14.2 Å². The summed E-state index contributed by atoms with van der Waals surface area (Å²) in [7, 11) is 0. The van der Waals surface area contributed by atoms with Gasteiger partial charge in [-0.25, -0.2) is 9.37 Å². The molecule has 0 atom stereocenters. The van der Waals surface area contributed by atoms with Crippen molar-refractivity contribution < 1.29 is 9.18 Å². The fourth-order valence-corrected chi connectivity index (χ4v) is 4.04. The van der Waals surface area contributed by atoms with Crippen molar-refractivity contribution in [3.05, 3.63) is 76.1 Å². The highest BCUT2D eigenvalue weighted by atomic mass is 32.1. The van der Waals surface area contributed by atoms with E-state index in [-0.39, 0.29) is 24.3 Å². The summed E-state index contributed by atoms with van der Waals surface area (Å²) in [6, 6.07) is 15.3. The molecule has 140 valence electrons. The van der Waals surface area contributed by atoms with Crippen LogP contribution in [0.1, 0.15) is 6.42 Å². The van der Waals surface area contributed by atoms with E-state index in [9.17, 15) is 14.0 Å². The van der Waals surface area contributed by atoms with Gasteiger partial charge in [-0.15, -0.1) is 11.3 Å². The van der Waals surface area contributed by atoms with E-state index in [1.807, 2.05) is 35.7 Å². The van der Waals surface area contributed by atoms with Crippen molar-refractivity contribution in [2.24, 2.45) is 5.73 Å². The molecule has 5 nitrogen and oxygen atoms in total. The van der Waals surface area contributed by atoms with Crippen molar-refractivity contribution in [1.29, 1.82) is 0 Å². The van der Waals surface area contributed by atoms with Gasteiger partial charge in [-0.2, -0.15) is 0 Å². The number of primary amides is 1. The third kappa shape index (κ3) is 3.32. The van der Waals surface area contributed by atoms with Crippen molar-refractivity contribution in [3.8, 4) is 22.5 Å². The molecule has 0 bridgehead atoms. The summed E-state index contributed by atoms with van der Waals surface area (Å²) in [5, 5.41) is 2.31. The highest BCUT2D eigenvalue weighted by Crippen LogP contribution is 2.32. The van der Waals surface area contributed by atoms with E-state index in [2.05, 4.69) is 0 Å². The summed E-state index contributed by atoms with van der Waals surface area (Å²) in [6.07, 6.45) is 0.0307. The summed E-state index contributed by atoms with van der Waals surface area (Å²) in [4.78, 5) is 30.0. The molecule has 0 spiro atoms. The Morgan fingerprint density at radius 1 is 1.07 bits per heavy atom. The van der Waals surface area contributed by atoms with Crippen molar-refractivity contribution in [3.63, 3.8) is 0 Å². The predicted molar refractivity (Wildman–Crippen MR) is 109 cm³/mol. The standard InChI is InChI=1S/C21H16FN3O2S/c22-15-8-6-13(7-9-15)16-12-28-20-18(16)21(27)25(11-10-17(23)26)19(24-20)14-4-2-1-3-5-14/h1-9,12H,10-11H2,(H2,23,26). The van der Waals surface area contributed by atoms with Gasteiger partial charge in [0.25, 0.3) is 5.56 Å². The lowest BCUT2D eigenvalue weighted by atomic mass is 10.1. The van der Waals surface area contributed by atoms with E-state index in [0.717, 1.165) is 11.1 Å². The second-order valence-electron chi connectivity index (χ2n) is 6.31. The number of nitrogens with zero attached hydrogens (tertiary/aromatic N) is 2. The second-order valence-corrected chi connectivity index (χ2v) is 7.17. The van der Waals surface area contributed by atoms with Crippen molar-refractivity contribution in [2.75, 3.05) is 0 Å². The summed E-state index contributed by atoms with van der Waals surface area (Å²) < 4.78 is 14.8. The third-order valence-electron chi connectivity index (χ3n) is 4.46. The lowest BCUT2D eigenvalue weighted by Gasteiger charge is -2.12. The molecule has 0 radical (unpaired) electrons. The van der Waals surface area contributed by atoms with E-state index in [1.165, 1.54) is 28.0 Å². The van der Waals surface area contributed by atoms with Gasteiger partial charge in [0.05, 0.1) is 5.39 Å². The molecule has 0 unspecified atom stereocenters. The predicted octanol–water partition coefficient (Wildman–Crippen LogP) is 3.81. The topological polar surface area (TPSA) is 78.0 Å². The summed E-state index contributed by atoms with van der Waals surface area (Å²) >= 11 is 1.36. The van der Waals surface area contributed by atoms with Gasteiger partial charge in [-0.05, 0) is 17.7 Å². The van der Waals surface area contributed by atoms with Crippen molar-refractivity contribution in [1.82, 2.24) is 9.55 Å². The fraction of sp³-hybridized carbons (Fsp3) is 0.0952. The third-order valence-corrected chi connectivity index (χ3v) is 5.33. The van der Waals surface area contributed by atoms with E-state index < -0.39 is 5.91 Å². The minimum atomic E-state index is -0.491. The molecule has 2 aromatic carbocycles. The van der Waals surface area contributed by atoms with Gasteiger partial charge in [0.1, 0.15) is 16.5 Å². The number of carbonyl (C=O) groups is 1. The zero-order chi connectivity index (χ0) is 19.7. The molecule has 4 aromatic rings. The van der Waals surface area contributed by atoms with Crippen LogP contribution in [0.4, 0.5) is 4.39 Å². The minimum Gasteiger partial charge on any atom is -0.370 e. The molecule has 0 fully saturated rings. The Kier molecular flexibility index (Phi) is 4.75. The molecule has 0 aliphatic carbocycles. The van der Waals surface area contributed by atoms with Crippen LogP contribution >= 0.6 is 11.3 Å². The number of halogens is 1. The van der Waals surface area contributed by atoms with Crippen LogP contribution in [0.25, 0.3) is 32.7 Å². The largest absolute Gasteiger partial charge is 0.370 e. The van der Waals surface area contributed by atoms with Gasteiger partial charge >= 0.3 is 0 Å². The Labute approximate surface area is 163 Å². The molecular formula is C21H16FN3O2S. The Morgan fingerprint density at radius 3 is 2.46 bits per heavy atom. The van der Waals surface area contributed by atoms with Crippen LogP contribution in [-0.2, 0) is 11.3 Å². The first-order chi connectivity index (χ1) is 13.5. The number of amides is 1. The van der Waals surface area contributed by atoms with Gasteiger partial charge in [0.15, 0.2) is 0 Å². The molecule has 0 aliphatic heterocycles. The number of nitrogens with two attached hydrogens (primary N) is 1. The van der Waals surface area contributed by atoms with E-state index in [1.54, 1.807) is 12.1 Å². The molecule has 2 N–H and O–H groups in total. The molecule has 4 rings (SSSR count). The van der Waals surface area contributed by atoms with Crippen LogP contribution < -0.4 is 11.3 Å². The van der Waals surface area contributed by atoms with Crippen LogP contribution in [0.15, 0.2) is 64.8 Å². The average Bonchev–Trinajstić information content (AvgIpc) is 3.12. The molecule has 2 heterocycles. The van der Waals surface area contributed by atoms with Crippen LogP contribution in [0.5, 0.6) is 0 Å². The molecule has 0 saturated heterocycles. The Morgan fingerprint density at radius 2 is 1.79 bits per heavy atom. The highest BCUT2D eigenvalue weighted by Gasteiger charge is 2.18. The molecule has 2 aromatic heterocycles. The number of thiophene rings is 1. The lowest BCUT2D eigenvalue weighted by molar-refractivity contribution is -0.118. The number of benzene rings is 2. The Bertz CT molecular complexity index is 1210. The smallest absolute Gasteiger partial charge is 0.263 e. The van der Waals surface area contributed by atoms with Gasteiger partial charge in [0.2, 0.25) is 5.91 Å². The second kappa shape index (κ2) is 7.36. The maximum absolute atomic E-state index is 13.4. The van der Waals surface area contributed by atoms with E-state index >= 15 is 0 Å². The monoisotopic (exact) mass is 393 g/mol. The summed E-state index contributed by atoms with van der Waals surface area (Å²) in [6.45, 7) is 0.139. The summed E-state index contributed by atoms with van der Waals surface area (Å²) in [5.41, 5.74) is 7.27. The maximum Gasteiger partial charge on any atom is 0.263 e. The molecule has 7 heteroatoms. The van der Waals surface area contributed by atoms with Crippen LogP contribution in [0, 0.1) is 5.82 Å².